The van der Waals surface area contributed by atoms with Gasteiger partial charge in [0.2, 0.25) is 5.75 Å². The number of amides is 2. The zero-order chi connectivity index (χ0) is 23.5. The molecule has 32 heavy (non-hydrogen) atoms. The predicted molar refractivity (Wildman–Crippen MR) is 115 cm³/mol. The van der Waals surface area contributed by atoms with E-state index in [1.807, 2.05) is 20.8 Å². The summed E-state index contributed by atoms with van der Waals surface area (Å²) in [6, 6.07) is 0. The van der Waals surface area contributed by atoms with Crippen LogP contribution >= 0.6 is 0 Å². The quantitative estimate of drug-likeness (QED) is 0.740. The minimum atomic E-state index is -0.615. The van der Waals surface area contributed by atoms with Crippen LogP contribution in [0.2, 0.25) is 0 Å². The topological polar surface area (TPSA) is 129 Å². The number of anilines is 1. The van der Waals surface area contributed by atoms with Gasteiger partial charge < -0.3 is 24.2 Å². The Balaban J connectivity index is 1.93. The average Bonchev–Trinajstić information content (AvgIpc) is 3.23. The number of hydrogen-bond acceptors (Lipinski definition) is 8. The number of carbonyl (C=O) groups excluding carboxylic acids is 2. The van der Waals surface area contributed by atoms with Gasteiger partial charge in [0.1, 0.15) is 23.4 Å². The molecule has 0 aliphatic carbocycles. The van der Waals surface area contributed by atoms with Gasteiger partial charge in [-0.15, -0.1) is 0 Å². The Hall–Kier alpha value is -3.37. The molecule has 11 nitrogen and oxygen atoms in total. The third-order valence-electron chi connectivity index (χ3n) is 4.92. The van der Waals surface area contributed by atoms with Crippen LogP contribution in [0.3, 0.4) is 0 Å². The third kappa shape index (κ3) is 5.27. The number of rotatable bonds is 5. The Kier molecular flexibility index (Phi) is 6.85. The molecule has 1 aliphatic heterocycles. The predicted octanol–water partition coefficient (Wildman–Crippen LogP) is 2.53. The van der Waals surface area contributed by atoms with Crippen LogP contribution in [0.5, 0.6) is 5.75 Å². The number of ether oxygens (including phenoxy) is 2. The third-order valence-corrected chi connectivity index (χ3v) is 4.92. The molecule has 0 saturated carbocycles. The summed E-state index contributed by atoms with van der Waals surface area (Å²) in [5, 5.41) is 6.14. The van der Waals surface area contributed by atoms with Crippen LogP contribution in [0.1, 0.15) is 62.8 Å². The highest BCUT2D eigenvalue weighted by Crippen LogP contribution is 2.27. The molecular weight excluding hydrogens is 418 g/mol. The summed E-state index contributed by atoms with van der Waals surface area (Å²) < 4.78 is 17.1. The van der Waals surface area contributed by atoms with Crippen LogP contribution in [0, 0.1) is 0 Å². The van der Waals surface area contributed by atoms with E-state index in [1.165, 1.54) is 17.0 Å². The van der Waals surface area contributed by atoms with E-state index < -0.39 is 23.2 Å². The van der Waals surface area contributed by atoms with E-state index in [1.54, 1.807) is 18.9 Å². The maximum atomic E-state index is 13.0. The van der Waals surface area contributed by atoms with Gasteiger partial charge in [-0.3, -0.25) is 14.2 Å². The van der Waals surface area contributed by atoms with E-state index in [2.05, 4.69) is 15.5 Å². The summed E-state index contributed by atoms with van der Waals surface area (Å²) in [5.74, 6) is -0.586. The second-order valence-electron chi connectivity index (χ2n) is 8.58. The highest BCUT2D eigenvalue weighted by molar-refractivity contribution is 6.04. The van der Waals surface area contributed by atoms with Crippen molar-refractivity contribution in [2.75, 3.05) is 25.0 Å². The van der Waals surface area contributed by atoms with Crippen molar-refractivity contribution in [1.29, 1.82) is 0 Å². The van der Waals surface area contributed by atoms with Crippen molar-refractivity contribution >= 4 is 17.7 Å². The van der Waals surface area contributed by atoms with Crippen LogP contribution in [-0.4, -0.2) is 56.9 Å². The molecule has 174 valence electrons. The summed E-state index contributed by atoms with van der Waals surface area (Å²) in [5.41, 5.74) is -0.876. The number of aromatic nitrogens is 3. The van der Waals surface area contributed by atoms with Gasteiger partial charge in [-0.05, 0) is 40.5 Å². The molecular formula is C21H29N5O6. The summed E-state index contributed by atoms with van der Waals surface area (Å²) in [6.07, 6.45) is 3.61. The fraction of sp³-hybridized carbons (Fsp3) is 0.571. The molecule has 0 spiro atoms. The number of nitrogens with zero attached hydrogens (tertiary/aromatic N) is 4. The van der Waals surface area contributed by atoms with Gasteiger partial charge in [0.25, 0.3) is 11.5 Å². The number of hydrogen-bond donors (Lipinski definition) is 1. The van der Waals surface area contributed by atoms with E-state index >= 15 is 0 Å². The van der Waals surface area contributed by atoms with E-state index in [0.717, 1.165) is 6.42 Å². The fourth-order valence-corrected chi connectivity index (χ4v) is 3.53. The second-order valence-corrected chi connectivity index (χ2v) is 8.58. The van der Waals surface area contributed by atoms with Crippen molar-refractivity contribution in [2.24, 2.45) is 7.05 Å². The number of piperidine rings is 1. The SMILES string of the molecule is CCOc1c(C(=O)Nc2cnoc2)nc([C@@H]2CCCN(C(=O)OC(C)(C)C)C2)n(C)c1=O. The number of nitrogens with one attached hydrogen (secondary N) is 1. The lowest BCUT2D eigenvalue weighted by Gasteiger charge is -2.34. The van der Waals surface area contributed by atoms with E-state index in [0.29, 0.717) is 31.0 Å². The van der Waals surface area contributed by atoms with E-state index in [-0.39, 0.29) is 24.0 Å². The second kappa shape index (κ2) is 9.41. The summed E-state index contributed by atoms with van der Waals surface area (Å²) in [6.45, 7) is 8.22. The molecule has 11 heteroatoms. The monoisotopic (exact) mass is 447 g/mol. The molecule has 0 aromatic carbocycles. The van der Waals surface area contributed by atoms with E-state index in [4.69, 9.17) is 14.0 Å². The first-order chi connectivity index (χ1) is 15.1. The Labute approximate surface area is 185 Å². The minimum Gasteiger partial charge on any atom is -0.486 e. The largest absolute Gasteiger partial charge is 0.486 e. The summed E-state index contributed by atoms with van der Waals surface area (Å²) in [4.78, 5) is 44.6. The molecule has 0 bridgehead atoms. The van der Waals surface area contributed by atoms with Crippen molar-refractivity contribution < 1.29 is 23.6 Å². The van der Waals surface area contributed by atoms with Crippen molar-refractivity contribution in [3.8, 4) is 5.75 Å². The normalized spacial score (nSPS) is 16.5. The van der Waals surface area contributed by atoms with Gasteiger partial charge in [-0.2, -0.15) is 0 Å². The lowest BCUT2D eigenvalue weighted by Crippen LogP contribution is -2.43. The van der Waals surface area contributed by atoms with Crippen molar-refractivity contribution in [3.05, 3.63) is 34.3 Å². The molecule has 0 unspecified atom stereocenters. The Morgan fingerprint density at radius 1 is 1.34 bits per heavy atom. The Morgan fingerprint density at radius 3 is 2.72 bits per heavy atom. The zero-order valence-electron chi connectivity index (χ0n) is 19.0. The molecule has 1 saturated heterocycles. The molecule has 2 amide bonds. The zero-order valence-corrected chi connectivity index (χ0v) is 19.0. The van der Waals surface area contributed by atoms with E-state index in [9.17, 15) is 14.4 Å². The molecule has 1 atom stereocenters. The first kappa shape index (κ1) is 23.3. The first-order valence-electron chi connectivity index (χ1n) is 10.5. The standard InChI is InChI=1S/C21H29N5O6/c1-6-30-16-15(18(27)23-14-10-22-31-12-14)24-17(25(5)19(16)28)13-8-7-9-26(11-13)20(29)32-21(2,3)4/h10,12-13H,6-9,11H2,1-5H3,(H,23,27)/t13-/m1/s1. The van der Waals surface area contributed by atoms with Crippen LogP contribution in [-0.2, 0) is 11.8 Å². The molecule has 3 heterocycles. The van der Waals surface area contributed by atoms with Crippen molar-refractivity contribution in [2.45, 2.75) is 52.1 Å². The lowest BCUT2D eigenvalue weighted by atomic mass is 9.97. The van der Waals surface area contributed by atoms with Gasteiger partial charge in [0, 0.05) is 26.1 Å². The molecule has 1 N–H and O–H groups in total. The molecule has 2 aromatic heterocycles. The molecule has 0 radical (unpaired) electrons. The highest BCUT2D eigenvalue weighted by atomic mass is 16.6. The molecule has 3 rings (SSSR count). The van der Waals surface area contributed by atoms with Crippen LogP contribution < -0.4 is 15.6 Å². The van der Waals surface area contributed by atoms with Crippen LogP contribution in [0.25, 0.3) is 0 Å². The minimum absolute atomic E-state index is 0.124. The maximum Gasteiger partial charge on any atom is 0.410 e. The Bertz CT molecular complexity index is 1020. The van der Waals surface area contributed by atoms with Gasteiger partial charge in [-0.1, -0.05) is 5.16 Å². The summed E-state index contributed by atoms with van der Waals surface area (Å²) in [7, 11) is 1.58. The molecule has 2 aromatic rings. The lowest BCUT2D eigenvalue weighted by molar-refractivity contribution is 0.0194. The van der Waals surface area contributed by atoms with Crippen molar-refractivity contribution in [1.82, 2.24) is 19.6 Å². The first-order valence-corrected chi connectivity index (χ1v) is 10.5. The fourth-order valence-electron chi connectivity index (χ4n) is 3.53. The van der Waals surface area contributed by atoms with Gasteiger partial charge in [-0.25, -0.2) is 9.78 Å². The maximum absolute atomic E-state index is 13.0. The number of likely N-dealkylation sites (tertiary alicyclic amines) is 1. The van der Waals surface area contributed by atoms with Crippen molar-refractivity contribution in [3.63, 3.8) is 0 Å². The highest BCUT2D eigenvalue weighted by Gasteiger charge is 2.32. The number of carbonyl (C=O) groups is 2. The van der Waals surface area contributed by atoms with Crippen LogP contribution in [0.4, 0.5) is 10.5 Å². The molecule has 1 aliphatic rings. The smallest absolute Gasteiger partial charge is 0.410 e. The summed E-state index contributed by atoms with van der Waals surface area (Å²) >= 11 is 0. The average molecular weight is 447 g/mol. The van der Waals surface area contributed by atoms with Gasteiger partial charge in [0.15, 0.2) is 5.69 Å². The molecule has 1 fully saturated rings. The van der Waals surface area contributed by atoms with Gasteiger partial charge in [0.05, 0.1) is 12.8 Å². The van der Waals surface area contributed by atoms with Gasteiger partial charge >= 0.3 is 6.09 Å². The van der Waals surface area contributed by atoms with Crippen LogP contribution in [0.15, 0.2) is 21.8 Å². The Morgan fingerprint density at radius 2 is 2.09 bits per heavy atom.